The van der Waals surface area contributed by atoms with Gasteiger partial charge >= 0.3 is 0 Å². The third-order valence-electron chi connectivity index (χ3n) is 5.60. The van der Waals surface area contributed by atoms with Crippen LogP contribution in [0.25, 0.3) is 10.4 Å². The number of piperazine rings is 1. The van der Waals surface area contributed by atoms with Crippen LogP contribution in [-0.2, 0) is 31.3 Å². The fourth-order valence-corrected chi connectivity index (χ4v) is 9.98. The number of nitrogens with zero attached hydrogens (tertiary/aromatic N) is 3. The average Bonchev–Trinajstić information content (AvgIpc) is 3.56. The van der Waals surface area contributed by atoms with E-state index < -0.39 is 43.8 Å². The minimum Gasteiger partial charge on any atom is -0.289 e. The van der Waals surface area contributed by atoms with Gasteiger partial charge in [-0.05, 0) is 17.7 Å². The Labute approximate surface area is 223 Å². The third-order valence-corrected chi connectivity index (χ3v) is 12.5. The molecule has 0 spiro atoms. The molecular weight excluding hydrogens is 565 g/mol. The maximum absolute atomic E-state index is 13.5. The molecule has 10 nitrogen and oxygen atoms in total. The molecule has 1 aromatic carbocycles. The first-order valence-electron chi connectivity index (χ1n) is 10.8. The van der Waals surface area contributed by atoms with Gasteiger partial charge in [0.15, 0.2) is 0 Å². The van der Waals surface area contributed by atoms with E-state index in [1.54, 1.807) is 17.6 Å². The van der Waals surface area contributed by atoms with Crippen molar-refractivity contribution in [1.29, 1.82) is 0 Å². The lowest BCUT2D eigenvalue weighted by molar-refractivity contribution is -0.134. The molecular formula is C21H24N4O6S5. The van der Waals surface area contributed by atoms with Gasteiger partial charge in [0.2, 0.25) is 10.0 Å². The highest BCUT2D eigenvalue weighted by Gasteiger charge is 2.43. The number of carbonyl (C=O) groups excluding carboxylic acids is 1. The maximum atomic E-state index is 13.5. The quantitative estimate of drug-likeness (QED) is 0.197. The van der Waals surface area contributed by atoms with Crippen molar-refractivity contribution in [2.24, 2.45) is 0 Å². The van der Waals surface area contributed by atoms with Crippen LogP contribution in [0.5, 0.6) is 0 Å². The van der Waals surface area contributed by atoms with Gasteiger partial charge in [0.05, 0.1) is 10.8 Å². The molecule has 0 bridgehead atoms. The van der Waals surface area contributed by atoms with E-state index in [0.717, 1.165) is 35.4 Å². The lowest BCUT2D eigenvalue weighted by atomic mass is 10.2. The average molecular weight is 589 g/mol. The topological polar surface area (TPSA) is 137 Å². The van der Waals surface area contributed by atoms with Gasteiger partial charge < -0.3 is 0 Å². The molecule has 3 aromatic rings. The van der Waals surface area contributed by atoms with Gasteiger partial charge in [-0.1, -0.05) is 30.3 Å². The molecule has 36 heavy (non-hydrogen) atoms. The van der Waals surface area contributed by atoms with Crippen molar-refractivity contribution in [3.63, 3.8) is 0 Å². The van der Waals surface area contributed by atoms with Crippen LogP contribution in [0, 0.1) is 0 Å². The Kier molecular flexibility index (Phi) is 8.51. The second kappa shape index (κ2) is 11.3. The summed E-state index contributed by atoms with van der Waals surface area (Å²) in [5, 5.41) is 11.3. The summed E-state index contributed by atoms with van der Waals surface area (Å²) in [5.41, 5.74) is 2.33. The lowest BCUT2D eigenvalue weighted by Gasteiger charge is -2.38. The first kappa shape index (κ1) is 27.2. The van der Waals surface area contributed by atoms with E-state index in [1.807, 2.05) is 30.3 Å². The number of hydroxylamine groups is 1. The van der Waals surface area contributed by atoms with Crippen molar-refractivity contribution in [2.75, 3.05) is 25.4 Å². The molecule has 1 amide bonds. The van der Waals surface area contributed by atoms with Gasteiger partial charge in [-0.2, -0.15) is 21.2 Å². The van der Waals surface area contributed by atoms with Crippen molar-refractivity contribution < 1.29 is 26.8 Å². The maximum Gasteiger partial charge on any atom is 0.263 e. The number of benzene rings is 1. The van der Waals surface area contributed by atoms with Gasteiger partial charge in [0, 0.05) is 47.8 Å². The van der Waals surface area contributed by atoms with Gasteiger partial charge in [-0.15, -0.1) is 22.7 Å². The summed E-state index contributed by atoms with van der Waals surface area (Å²) >= 11 is 6.84. The van der Waals surface area contributed by atoms with Crippen LogP contribution in [-0.4, -0.2) is 78.2 Å². The molecule has 1 fully saturated rings. The molecule has 1 aliphatic rings. The largest absolute Gasteiger partial charge is 0.289 e. The second-order valence-corrected chi connectivity index (χ2v) is 14.9. The Morgan fingerprint density at radius 2 is 1.92 bits per heavy atom. The highest BCUT2D eigenvalue weighted by atomic mass is 32.2. The van der Waals surface area contributed by atoms with Crippen molar-refractivity contribution >= 4 is 61.3 Å². The Morgan fingerprint density at radius 3 is 2.58 bits per heavy atom. The number of carbonyl (C=O) groups is 1. The number of thiazole rings is 1. The minimum atomic E-state index is -4.14. The number of sulfonamides is 2. The number of amides is 1. The smallest absolute Gasteiger partial charge is 0.263 e. The number of thiophene rings is 1. The number of rotatable bonds is 9. The van der Waals surface area contributed by atoms with Crippen LogP contribution in [0.1, 0.15) is 5.01 Å². The van der Waals surface area contributed by atoms with Crippen LogP contribution in [0.4, 0.5) is 0 Å². The van der Waals surface area contributed by atoms with Crippen molar-refractivity contribution in [3.05, 3.63) is 59.0 Å². The normalized spacial score (nSPS) is 18.7. The van der Waals surface area contributed by atoms with Crippen LogP contribution in [0.3, 0.4) is 0 Å². The molecule has 2 N–H and O–H groups in total. The number of hydrogen-bond donors (Lipinski definition) is 3. The molecule has 0 radical (unpaired) electrons. The summed E-state index contributed by atoms with van der Waals surface area (Å²) in [6.07, 6.45) is 1.99. The van der Waals surface area contributed by atoms with Crippen molar-refractivity contribution in [1.82, 2.24) is 19.1 Å². The number of hydrogen-bond acceptors (Lipinski definition) is 10. The predicted molar refractivity (Wildman–Crippen MR) is 141 cm³/mol. The summed E-state index contributed by atoms with van der Waals surface area (Å²) in [6.45, 7) is -0.810. The molecule has 1 saturated heterocycles. The molecule has 3 heterocycles. The van der Waals surface area contributed by atoms with Crippen LogP contribution >= 0.6 is 35.3 Å². The summed E-state index contributed by atoms with van der Waals surface area (Å²) in [4.78, 5) is 17.4. The standard InChI is InChI=1S/C21H24N4O6S5/c26-21(23-27)17-13-24(35(28,29)14-16(32)12-19-22-8-11-33-19)9-10-25(17)36(30,31)20-7-6-18(34-20)15-4-2-1-3-5-15/h1-8,11,16-17,27,32H,9-10,12-14H2,(H,23,26)/t16?,17-/m1/s1. The SMILES string of the molecule is O=C(NO)[C@H]1CN(S(=O)(=O)CC(S)Cc2nccs2)CCN1S(=O)(=O)c1ccc(-c2ccccc2)s1. The molecule has 1 unspecified atom stereocenters. The van der Waals surface area contributed by atoms with E-state index in [0.29, 0.717) is 6.42 Å². The second-order valence-electron chi connectivity index (χ2n) is 8.01. The van der Waals surface area contributed by atoms with Crippen molar-refractivity contribution in [3.8, 4) is 10.4 Å². The van der Waals surface area contributed by atoms with Gasteiger partial charge in [-0.3, -0.25) is 10.0 Å². The fraction of sp³-hybridized carbons (Fsp3) is 0.333. The first-order valence-corrected chi connectivity index (χ1v) is 16.0. The molecule has 1 aliphatic heterocycles. The van der Waals surface area contributed by atoms with Crippen molar-refractivity contribution in [2.45, 2.75) is 21.9 Å². The fourth-order valence-electron chi connectivity index (χ4n) is 3.86. The predicted octanol–water partition coefficient (Wildman–Crippen LogP) is 1.92. The van der Waals surface area contributed by atoms with Crippen LogP contribution in [0.15, 0.2) is 58.3 Å². The van der Waals surface area contributed by atoms with Gasteiger partial charge in [-0.25, -0.2) is 27.3 Å². The zero-order valence-corrected chi connectivity index (χ0v) is 23.0. The van der Waals surface area contributed by atoms with E-state index in [9.17, 15) is 26.8 Å². The van der Waals surface area contributed by atoms with Crippen LogP contribution < -0.4 is 5.48 Å². The third kappa shape index (κ3) is 5.99. The number of aromatic nitrogens is 1. The van der Waals surface area contributed by atoms with E-state index in [1.165, 1.54) is 22.9 Å². The molecule has 2 aromatic heterocycles. The molecule has 15 heteroatoms. The van der Waals surface area contributed by atoms with E-state index in [2.05, 4.69) is 17.6 Å². The monoisotopic (exact) mass is 588 g/mol. The molecule has 2 atom stereocenters. The molecule has 4 rings (SSSR count). The number of nitrogens with one attached hydrogen (secondary N) is 1. The van der Waals surface area contributed by atoms with E-state index in [4.69, 9.17) is 0 Å². The van der Waals surface area contributed by atoms with Gasteiger partial charge in [0.1, 0.15) is 10.3 Å². The molecule has 194 valence electrons. The minimum absolute atomic E-state index is 0.0206. The van der Waals surface area contributed by atoms with E-state index in [-0.39, 0.29) is 23.1 Å². The summed E-state index contributed by atoms with van der Waals surface area (Å²) < 4.78 is 55.1. The number of thiol groups is 1. The van der Waals surface area contributed by atoms with E-state index >= 15 is 0 Å². The highest BCUT2D eigenvalue weighted by Crippen LogP contribution is 2.33. The van der Waals surface area contributed by atoms with Crippen LogP contribution in [0.2, 0.25) is 0 Å². The Bertz CT molecular complexity index is 1390. The summed E-state index contributed by atoms with van der Waals surface area (Å²) in [6, 6.07) is 11.0. The van der Waals surface area contributed by atoms with Gasteiger partial charge in [0.25, 0.3) is 15.9 Å². The molecule has 0 saturated carbocycles. The Morgan fingerprint density at radius 1 is 1.17 bits per heavy atom. The lowest BCUT2D eigenvalue weighted by Crippen LogP contribution is -2.61. The summed E-state index contributed by atoms with van der Waals surface area (Å²) in [5.74, 6) is -1.31. The Balaban J connectivity index is 1.53. The summed E-state index contributed by atoms with van der Waals surface area (Å²) in [7, 11) is -8.02. The zero-order valence-electron chi connectivity index (χ0n) is 18.8. The first-order chi connectivity index (χ1) is 17.1. The zero-order chi connectivity index (χ0) is 25.9. The Hall–Kier alpha value is -1.85. The highest BCUT2D eigenvalue weighted by molar-refractivity contribution is 7.91. The molecule has 0 aliphatic carbocycles.